The number of nitriles is 1. The molecular weight excluding hydrogens is 312 g/mol. The number of sulfonamides is 1. The number of amidine groups is 1. The number of nitrogens with one attached hydrogen (secondary N) is 1. The summed E-state index contributed by atoms with van der Waals surface area (Å²) in [7, 11) is -3.89. The van der Waals surface area contributed by atoms with E-state index in [1.165, 1.54) is 18.2 Å². The first-order chi connectivity index (χ1) is 10.4. The topological polar surface area (TPSA) is 82.3 Å². The van der Waals surface area contributed by atoms with E-state index in [9.17, 15) is 17.2 Å². The maximum Gasteiger partial charge on any atom is 0.285 e. The Labute approximate surface area is 124 Å². The quantitative estimate of drug-likeness (QED) is 0.875. The number of halogens is 2. The molecule has 0 saturated heterocycles. The van der Waals surface area contributed by atoms with Crippen LogP contribution >= 0.6 is 0 Å². The van der Waals surface area contributed by atoms with Crippen LogP contribution in [0.1, 0.15) is 11.1 Å². The van der Waals surface area contributed by atoms with Crippen molar-refractivity contribution in [3.05, 3.63) is 59.2 Å². The third kappa shape index (κ3) is 2.42. The van der Waals surface area contributed by atoms with Gasteiger partial charge in [-0.15, -0.1) is 4.40 Å². The molecule has 2 aromatic carbocycles. The highest BCUT2D eigenvalue weighted by molar-refractivity contribution is 7.90. The molecule has 110 valence electrons. The zero-order valence-electron chi connectivity index (χ0n) is 10.8. The van der Waals surface area contributed by atoms with Gasteiger partial charge in [0.25, 0.3) is 10.0 Å². The fourth-order valence-electron chi connectivity index (χ4n) is 2.08. The van der Waals surface area contributed by atoms with Crippen LogP contribution in [0.25, 0.3) is 0 Å². The van der Waals surface area contributed by atoms with Crippen LogP contribution in [0.4, 0.5) is 14.5 Å². The number of fused-ring (bicyclic) bond motifs is 1. The number of anilines is 1. The molecule has 0 spiro atoms. The molecular formula is C14H7F2N3O2S. The van der Waals surface area contributed by atoms with Crippen molar-refractivity contribution in [1.82, 2.24) is 0 Å². The van der Waals surface area contributed by atoms with Gasteiger partial charge < -0.3 is 5.32 Å². The Hall–Kier alpha value is -2.79. The first kappa shape index (κ1) is 14.2. The van der Waals surface area contributed by atoms with Gasteiger partial charge in [-0.3, -0.25) is 0 Å². The lowest BCUT2D eigenvalue weighted by Gasteiger charge is -2.07. The van der Waals surface area contributed by atoms with E-state index in [2.05, 4.69) is 9.71 Å². The normalized spacial score (nSPS) is 14.9. The standard InChI is InChI=1S/C14H7F2N3O2S/c15-9-4-10(16)6-11(5-9)18-14-12-3-8(7-17)1-2-13(12)22(20,21)19-14/h1-6H,(H,18,19). The average Bonchev–Trinajstić information content (AvgIpc) is 2.68. The Morgan fingerprint density at radius 1 is 1.09 bits per heavy atom. The average molecular weight is 319 g/mol. The lowest BCUT2D eigenvalue weighted by atomic mass is 10.1. The first-order valence-electron chi connectivity index (χ1n) is 6.02. The first-order valence-corrected chi connectivity index (χ1v) is 7.46. The van der Waals surface area contributed by atoms with Gasteiger partial charge in [-0.25, -0.2) is 8.78 Å². The second-order valence-electron chi connectivity index (χ2n) is 4.52. The molecule has 0 aliphatic carbocycles. The Morgan fingerprint density at radius 2 is 1.77 bits per heavy atom. The van der Waals surface area contributed by atoms with Crippen molar-refractivity contribution in [3.8, 4) is 6.07 Å². The fraction of sp³-hybridized carbons (Fsp3) is 0. The van der Waals surface area contributed by atoms with Crippen molar-refractivity contribution in [2.24, 2.45) is 4.40 Å². The number of hydrogen-bond acceptors (Lipinski definition) is 4. The molecule has 0 bridgehead atoms. The van der Waals surface area contributed by atoms with E-state index < -0.39 is 21.7 Å². The zero-order valence-corrected chi connectivity index (χ0v) is 11.7. The molecule has 3 rings (SSSR count). The highest BCUT2D eigenvalue weighted by Crippen LogP contribution is 2.28. The SMILES string of the molecule is N#Cc1ccc2c(c1)C(Nc1cc(F)cc(F)c1)=NS2(=O)=O. The maximum atomic E-state index is 13.2. The van der Waals surface area contributed by atoms with Crippen molar-refractivity contribution in [2.75, 3.05) is 5.32 Å². The van der Waals surface area contributed by atoms with E-state index in [1.807, 2.05) is 6.07 Å². The van der Waals surface area contributed by atoms with Gasteiger partial charge in [-0.1, -0.05) is 0 Å². The van der Waals surface area contributed by atoms with E-state index >= 15 is 0 Å². The van der Waals surface area contributed by atoms with Crippen molar-refractivity contribution in [3.63, 3.8) is 0 Å². The summed E-state index contributed by atoms with van der Waals surface area (Å²) in [5, 5.41) is 11.5. The summed E-state index contributed by atoms with van der Waals surface area (Å²) in [4.78, 5) is -0.0640. The molecule has 0 aromatic heterocycles. The largest absolute Gasteiger partial charge is 0.339 e. The number of rotatable bonds is 1. The Balaban J connectivity index is 2.08. The molecule has 0 atom stereocenters. The third-order valence-corrected chi connectivity index (χ3v) is 4.31. The van der Waals surface area contributed by atoms with Crippen LogP contribution in [0, 0.1) is 23.0 Å². The summed E-state index contributed by atoms with van der Waals surface area (Å²) in [6, 6.07) is 8.57. The van der Waals surface area contributed by atoms with E-state index in [0.29, 0.717) is 6.07 Å². The summed E-state index contributed by atoms with van der Waals surface area (Å²) < 4.78 is 53.8. The van der Waals surface area contributed by atoms with E-state index in [1.54, 1.807) is 0 Å². The Morgan fingerprint density at radius 3 is 2.41 bits per heavy atom. The fourth-order valence-corrected chi connectivity index (χ4v) is 3.24. The molecule has 22 heavy (non-hydrogen) atoms. The second-order valence-corrected chi connectivity index (χ2v) is 6.09. The van der Waals surface area contributed by atoms with Crippen LogP contribution in [-0.4, -0.2) is 14.3 Å². The van der Waals surface area contributed by atoms with Crippen LogP contribution in [0.15, 0.2) is 45.7 Å². The zero-order chi connectivity index (χ0) is 15.9. The minimum atomic E-state index is -3.89. The van der Waals surface area contributed by atoms with Crippen LogP contribution in [-0.2, 0) is 10.0 Å². The monoisotopic (exact) mass is 319 g/mol. The van der Waals surface area contributed by atoms with Crippen LogP contribution in [0.5, 0.6) is 0 Å². The molecule has 1 aliphatic rings. The van der Waals surface area contributed by atoms with Crippen LogP contribution in [0.3, 0.4) is 0 Å². The van der Waals surface area contributed by atoms with Crippen molar-refractivity contribution < 1.29 is 17.2 Å². The lowest BCUT2D eigenvalue weighted by molar-refractivity contribution is 0.584. The van der Waals surface area contributed by atoms with E-state index in [-0.39, 0.29) is 27.5 Å². The van der Waals surface area contributed by atoms with Gasteiger partial charge in [0.2, 0.25) is 0 Å². The summed E-state index contributed by atoms with van der Waals surface area (Å²) in [5.41, 5.74) is 0.446. The highest BCUT2D eigenvalue weighted by atomic mass is 32.2. The maximum absolute atomic E-state index is 13.2. The van der Waals surface area contributed by atoms with Gasteiger partial charge in [-0.05, 0) is 30.3 Å². The van der Waals surface area contributed by atoms with Gasteiger partial charge in [0.05, 0.1) is 11.6 Å². The predicted octanol–water partition coefficient (Wildman–Crippen LogP) is 2.40. The Kier molecular flexibility index (Phi) is 3.15. The molecule has 2 aromatic rings. The molecule has 1 aliphatic heterocycles. The third-order valence-electron chi connectivity index (χ3n) is 2.98. The van der Waals surface area contributed by atoms with Crippen LogP contribution < -0.4 is 5.32 Å². The lowest BCUT2D eigenvalue weighted by Crippen LogP contribution is -2.12. The molecule has 5 nitrogen and oxygen atoms in total. The Bertz CT molecular complexity index is 942. The highest BCUT2D eigenvalue weighted by Gasteiger charge is 2.29. The van der Waals surface area contributed by atoms with Gasteiger partial charge >= 0.3 is 0 Å². The molecule has 0 amide bonds. The summed E-state index contributed by atoms with van der Waals surface area (Å²) in [6.45, 7) is 0. The predicted molar refractivity (Wildman–Crippen MR) is 74.9 cm³/mol. The summed E-state index contributed by atoms with van der Waals surface area (Å²) >= 11 is 0. The minimum absolute atomic E-state index is 0.0154. The molecule has 1 N–H and O–H groups in total. The van der Waals surface area contributed by atoms with E-state index in [4.69, 9.17) is 5.26 Å². The van der Waals surface area contributed by atoms with Gasteiger partial charge in [0.15, 0.2) is 5.84 Å². The molecule has 8 heteroatoms. The van der Waals surface area contributed by atoms with Crippen molar-refractivity contribution in [2.45, 2.75) is 4.90 Å². The molecule has 0 radical (unpaired) electrons. The minimum Gasteiger partial charge on any atom is -0.339 e. The second kappa shape index (κ2) is 4.89. The summed E-state index contributed by atoms with van der Waals surface area (Å²) in [6.07, 6.45) is 0. The number of benzene rings is 2. The smallest absolute Gasteiger partial charge is 0.285 e. The molecule has 0 fully saturated rings. The van der Waals surface area contributed by atoms with Gasteiger partial charge in [0, 0.05) is 17.3 Å². The van der Waals surface area contributed by atoms with Crippen molar-refractivity contribution >= 4 is 21.5 Å². The number of nitrogens with zero attached hydrogens (tertiary/aromatic N) is 2. The van der Waals surface area contributed by atoms with E-state index in [0.717, 1.165) is 12.1 Å². The van der Waals surface area contributed by atoms with Crippen molar-refractivity contribution in [1.29, 1.82) is 5.26 Å². The number of hydrogen-bond donors (Lipinski definition) is 1. The van der Waals surface area contributed by atoms with Gasteiger partial charge in [-0.2, -0.15) is 13.7 Å². The molecule has 1 heterocycles. The molecule has 0 saturated carbocycles. The van der Waals surface area contributed by atoms with Gasteiger partial charge in [0.1, 0.15) is 16.5 Å². The summed E-state index contributed by atoms with van der Waals surface area (Å²) in [5.74, 6) is -1.71. The molecule has 0 unspecified atom stereocenters. The van der Waals surface area contributed by atoms with Crippen LogP contribution in [0.2, 0.25) is 0 Å².